The molecular weight excluding hydrogens is 316 g/mol. The first kappa shape index (κ1) is 14.4. The van der Waals surface area contributed by atoms with Crippen molar-refractivity contribution in [2.45, 2.75) is 25.9 Å². The summed E-state index contributed by atoms with van der Waals surface area (Å²) in [5.74, 6) is 2.55. The zero-order chi connectivity index (χ0) is 16.1. The molecule has 2 aliphatic heterocycles. The number of likely N-dealkylation sites (tertiary alicyclic amines) is 1. The van der Waals surface area contributed by atoms with E-state index >= 15 is 0 Å². The Morgan fingerprint density at radius 1 is 1.17 bits per heavy atom. The molecule has 24 heavy (non-hydrogen) atoms. The highest BCUT2D eigenvalue weighted by Crippen LogP contribution is 2.41. The second-order valence-corrected chi connectivity index (χ2v) is 8.30. The third kappa shape index (κ3) is 2.31. The number of aryl methyl sites for hydroxylation is 1. The first-order chi connectivity index (χ1) is 11.8. The van der Waals surface area contributed by atoms with Crippen molar-refractivity contribution in [1.82, 2.24) is 19.4 Å². The Balaban J connectivity index is 1.37. The number of hydrogen-bond acceptors (Lipinski definition) is 4. The van der Waals surface area contributed by atoms with Crippen LogP contribution in [0.1, 0.15) is 21.5 Å². The normalized spacial score (nSPS) is 22.7. The summed E-state index contributed by atoms with van der Waals surface area (Å²) in [5, 5.41) is 0. The highest BCUT2D eigenvalue weighted by atomic mass is 32.1. The van der Waals surface area contributed by atoms with Crippen molar-refractivity contribution < 1.29 is 0 Å². The molecule has 5 rings (SSSR count). The van der Waals surface area contributed by atoms with Crippen LogP contribution in [0.5, 0.6) is 0 Å². The highest BCUT2D eigenvalue weighted by molar-refractivity contribution is 7.11. The van der Waals surface area contributed by atoms with Gasteiger partial charge in [-0.05, 0) is 31.2 Å². The molecule has 0 N–H and O–H groups in total. The lowest BCUT2D eigenvalue weighted by Crippen LogP contribution is -2.21. The molecule has 0 aliphatic carbocycles. The van der Waals surface area contributed by atoms with Crippen LogP contribution in [-0.2, 0) is 13.1 Å². The number of nitrogens with zero attached hydrogens (tertiary/aromatic N) is 4. The van der Waals surface area contributed by atoms with Crippen LogP contribution in [-0.4, -0.2) is 32.5 Å². The van der Waals surface area contributed by atoms with Crippen LogP contribution in [0, 0.1) is 12.8 Å². The molecule has 0 aromatic carbocycles. The van der Waals surface area contributed by atoms with Gasteiger partial charge in [-0.25, -0.2) is 4.98 Å². The van der Waals surface area contributed by atoms with E-state index in [9.17, 15) is 0 Å². The fraction of sp³-hybridized carbons (Fsp3) is 0.368. The van der Waals surface area contributed by atoms with Crippen LogP contribution in [0.25, 0.3) is 11.3 Å². The topological polar surface area (TPSA) is 34.0 Å². The third-order valence-electron chi connectivity index (χ3n) is 5.28. The summed E-state index contributed by atoms with van der Waals surface area (Å²) in [7, 11) is 0. The van der Waals surface area contributed by atoms with Gasteiger partial charge in [0.05, 0.1) is 11.9 Å². The highest BCUT2D eigenvalue weighted by Gasteiger charge is 2.42. The molecule has 3 aromatic rings. The molecule has 1 saturated heterocycles. The zero-order valence-corrected chi connectivity index (χ0v) is 14.5. The lowest BCUT2D eigenvalue weighted by Gasteiger charge is -2.16. The van der Waals surface area contributed by atoms with Crippen LogP contribution in [0.3, 0.4) is 0 Å². The quantitative estimate of drug-likeness (QED) is 0.733. The molecule has 0 bridgehead atoms. The number of aromatic nitrogens is 3. The van der Waals surface area contributed by atoms with Crippen LogP contribution >= 0.6 is 11.3 Å². The molecule has 4 nitrogen and oxygen atoms in total. The Morgan fingerprint density at radius 2 is 2.12 bits per heavy atom. The fourth-order valence-corrected chi connectivity index (χ4v) is 5.15. The van der Waals surface area contributed by atoms with E-state index in [2.05, 4.69) is 39.6 Å². The standard InChI is InChI=1S/C19H20N4S/c1-13-4-5-16(24-13)11-22-9-15-10-23-18(14-3-2-6-20-7-14)8-21-19(23)17(15)12-22/h2-8,15,17H,9-12H2,1H3/t15-,17+/m0/s1. The van der Waals surface area contributed by atoms with Gasteiger partial charge in [0.1, 0.15) is 5.82 Å². The molecule has 2 atom stereocenters. The molecule has 0 spiro atoms. The van der Waals surface area contributed by atoms with Gasteiger partial charge >= 0.3 is 0 Å². The number of imidazole rings is 1. The maximum Gasteiger partial charge on any atom is 0.113 e. The van der Waals surface area contributed by atoms with Crippen molar-refractivity contribution in [3.8, 4) is 11.3 Å². The van der Waals surface area contributed by atoms with Crippen molar-refractivity contribution in [2.75, 3.05) is 13.1 Å². The summed E-state index contributed by atoms with van der Waals surface area (Å²) >= 11 is 1.92. The molecule has 0 amide bonds. The van der Waals surface area contributed by atoms with Gasteiger partial charge in [-0.3, -0.25) is 9.88 Å². The second kappa shape index (κ2) is 5.53. The Labute approximate surface area is 145 Å². The van der Waals surface area contributed by atoms with Gasteiger partial charge in [0, 0.05) is 65.7 Å². The Bertz CT molecular complexity index is 867. The average Bonchev–Trinajstić information content (AvgIpc) is 3.31. The van der Waals surface area contributed by atoms with Crippen molar-refractivity contribution in [2.24, 2.45) is 5.92 Å². The molecule has 0 saturated carbocycles. The predicted molar refractivity (Wildman–Crippen MR) is 96.0 cm³/mol. The summed E-state index contributed by atoms with van der Waals surface area (Å²) < 4.78 is 2.42. The van der Waals surface area contributed by atoms with Crippen LogP contribution in [0.4, 0.5) is 0 Å². The van der Waals surface area contributed by atoms with Gasteiger partial charge in [0.2, 0.25) is 0 Å². The molecule has 5 heterocycles. The average molecular weight is 336 g/mol. The van der Waals surface area contributed by atoms with E-state index in [0.717, 1.165) is 19.6 Å². The first-order valence-electron chi connectivity index (χ1n) is 8.51. The molecular formula is C19H20N4S. The summed E-state index contributed by atoms with van der Waals surface area (Å²) in [6.07, 6.45) is 5.78. The largest absolute Gasteiger partial charge is 0.327 e. The maximum absolute atomic E-state index is 4.77. The van der Waals surface area contributed by atoms with Gasteiger partial charge < -0.3 is 4.57 Å². The number of hydrogen-bond donors (Lipinski definition) is 0. The second-order valence-electron chi connectivity index (χ2n) is 6.93. The molecule has 0 unspecified atom stereocenters. The van der Waals surface area contributed by atoms with E-state index in [-0.39, 0.29) is 0 Å². The molecule has 2 aliphatic rings. The van der Waals surface area contributed by atoms with E-state index < -0.39 is 0 Å². The minimum absolute atomic E-state index is 0.580. The van der Waals surface area contributed by atoms with Crippen molar-refractivity contribution in [3.05, 3.63) is 58.4 Å². The molecule has 0 radical (unpaired) electrons. The van der Waals surface area contributed by atoms with Gasteiger partial charge in [0.25, 0.3) is 0 Å². The lowest BCUT2D eigenvalue weighted by atomic mass is 9.99. The summed E-state index contributed by atoms with van der Waals surface area (Å²) in [5.41, 5.74) is 2.38. The summed E-state index contributed by atoms with van der Waals surface area (Å²) in [4.78, 5) is 14.5. The minimum Gasteiger partial charge on any atom is -0.327 e. The number of pyridine rings is 1. The number of thiophene rings is 1. The van der Waals surface area contributed by atoms with E-state index in [0.29, 0.717) is 11.8 Å². The van der Waals surface area contributed by atoms with Gasteiger partial charge in [-0.15, -0.1) is 11.3 Å². The fourth-order valence-electron chi connectivity index (χ4n) is 4.21. The van der Waals surface area contributed by atoms with Crippen molar-refractivity contribution in [3.63, 3.8) is 0 Å². The van der Waals surface area contributed by atoms with E-state index in [1.54, 1.807) is 0 Å². The molecule has 1 fully saturated rings. The summed E-state index contributed by atoms with van der Waals surface area (Å²) in [6, 6.07) is 8.62. The SMILES string of the molecule is Cc1ccc(CN2C[C@H]3Cn4c(-c5cccnc5)cnc4[C@@H]3C2)s1. The Kier molecular flexibility index (Phi) is 3.31. The Hall–Kier alpha value is -1.98. The van der Waals surface area contributed by atoms with Crippen molar-refractivity contribution in [1.29, 1.82) is 0 Å². The van der Waals surface area contributed by atoms with Gasteiger partial charge in [0.15, 0.2) is 0 Å². The first-order valence-corrected chi connectivity index (χ1v) is 9.33. The predicted octanol–water partition coefficient (Wildman–Crippen LogP) is 3.54. The summed E-state index contributed by atoms with van der Waals surface area (Å²) in [6.45, 7) is 6.66. The van der Waals surface area contributed by atoms with Crippen LogP contribution in [0.2, 0.25) is 0 Å². The van der Waals surface area contributed by atoms with Gasteiger partial charge in [-0.1, -0.05) is 0 Å². The van der Waals surface area contributed by atoms with Crippen LogP contribution < -0.4 is 0 Å². The zero-order valence-electron chi connectivity index (χ0n) is 13.7. The van der Waals surface area contributed by atoms with Crippen molar-refractivity contribution >= 4 is 11.3 Å². The van der Waals surface area contributed by atoms with E-state index in [1.807, 2.05) is 36.0 Å². The number of fused-ring (bicyclic) bond motifs is 3. The van der Waals surface area contributed by atoms with E-state index in [4.69, 9.17) is 4.98 Å². The molecule has 5 heteroatoms. The van der Waals surface area contributed by atoms with Crippen LogP contribution in [0.15, 0.2) is 42.9 Å². The lowest BCUT2D eigenvalue weighted by molar-refractivity contribution is 0.309. The minimum atomic E-state index is 0.580. The van der Waals surface area contributed by atoms with Gasteiger partial charge in [-0.2, -0.15) is 0 Å². The smallest absolute Gasteiger partial charge is 0.113 e. The van der Waals surface area contributed by atoms with E-state index in [1.165, 1.54) is 33.4 Å². The molecule has 3 aromatic heterocycles. The number of rotatable bonds is 3. The molecule has 122 valence electrons. The monoisotopic (exact) mass is 336 g/mol. The Morgan fingerprint density at radius 3 is 2.92 bits per heavy atom. The maximum atomic E-state index is 4.77. The third-order valence-corrected chi connectivity index (χ3v) is 6.27.